The number of hydrogen-bond donors (Lipinski definition) is 2. The number of allylic oxidation sites excluding steroid dienone is 1. The molecule has 2 aromatic carbocycles. The van der Waals surface area contributed by atoms with Gasteiger partial charge in [-0.1, -0.05) is 86.9 Å². The number of carbonyl (C=O) groups is 2. The van der Waals surface area contributed by atoms with E-state index in [4.69, 9.17) is 4.74 Å². The van der Waals surface area contributed by atoms with Gasteiger partial charge in [0.05, 0.1) is 0 Å². The van der Waals surface area contributed by atoms with Crippen molar-refractivity contribution in [2.75, 3.05) is 6.61 Å². The van der Waals surface area contributed by atoms with Crippen molar-refractivity contribution in [3.63, 3.8) is 0 Å². The summed E-state index contributed by atoms with van der Waals surface area (Å²) < 4.78 is 5.45. The monoisotopic (exact) mass is 421 g/mol. The van der Waals surface area contributed by atoms with Crippen LogP contribution in [0.15, 0.2) is 60.7 Å². The van der Waals surface area contributed by atoms with Gasteiger partial charge in [0.2, 0.25) is 0 Å². The Hall–Kier alpha value is -3.08. The molecule has 1 aliphatic rings. The molecule has 1 aliphatic carbocycles. The number of unbranched alkanes of at least 4 members (excludes halogenated alkanes) is 4. The van der Waals surface area contributed by atoms with Crippen LogP contribution >= 0.6 is 0 Å². The van der Waals surface area contributed by atoms with E-state index in [1.165, 1.54) is 19.3 Å². The third-order valence-corrected chi connectivity index (χ3v) is 5.70. The topological polar surface area (TPSA) is 75.6 Å². The minimum Gasteiger partial charge on any atom is -0.480 e. The van der Waals surface area contributed by atoms with E-state index in [1.54, 1.807) is 0 Å². The molecule has 0 aromatic heterocycles. The number of fused-ring (bicyclic) bond motifs is 3. The second-order valence-corrected chi connectivity index (χ2v) is 7.92. The van der Waals surface area contributed by atoms with Crippen molar-refractivity contribution in [1.29, 1.82) is 0 Å². The molecule has 31 heavy (non-hydrogen) atoms. The number of carbonyl (C=O) groups excluding carboxylic acids is 1. The number of benzene rings is 2. The number of nitrogens with one attached hydrogen (secondary N) is 1. The van der Waals surface area contributed by atoms with Gasteiger partial charge in [-0.15, -0.1) is 0 Å². The average molecular weight is 422 g/mol. The lowest BCUT2D eigenvalue weighted by atomic mass is 9.98. The summed E-state index contributed by atoms with van der Waals surface area (Å²) in [7, 11) is 0. The Morgan fingerprint density at radius 2 is 1.65 bits per heavy atom. The molecule has 1 amide bonds. The fourth-order valence-corrected chi connectivity index (χ4v) is 4.04. The van der Waals surface area contributed by atoms with Crippen molar-refractivity contribution >= 4 is 12.1 Å². The van der Waals surface area contributed by atoms with Gasteiger partial charge in [-0.25, -0.2) is 9.59 Å². The van der Waals surface area contributed by atoms with Crippen LogP contribution in [-0.4, -0.2) is 29.8 Å². The summed E-state index contributed by atoms with van der Waals surface area (Å²) in [6, 6.07) is 15.2. The Bertz CT molecular complexity index is 876. The summed E-state index contributed by atoms with van der Waals surface area (Å²) in [5.74, 6) is -1.12. The van der Waals surface area contributed by atoms with Crippen LogP contribution < -0.4 is 5.32 Å². The first-order valence-electron chi connectivity index (χ1n) is 11.1. The number of carboxylic acid groups (broad SMARTS) is 1. The second-order valence-electron chi connectivity index (χ2n) is 7.92. The van der Waals surface area contributed by atoms with Gasteiger partial charge in [0, 0.05) is 5.92 Å². The standard InChI is InChI=1S/C26H31NO4/c1-2-3-4-5-6-7-8-17-24(25(28)29)27-26(30)31-18-23-21-15-11-9-13-19(21)20-14-10-12-16-22(20)23/h7-16,23-24H,2-6,17-18H2,1H3,(H,27,30)(H,28,29)/b8-7+/t24-/m0/s1. The zero-order valence-electron chi connectivity index (χ0n) is 18.0. The molecule has 2 aromatic rings. The number of carboxylic acids is 1. The highest BCUT2D eigenvalue weighted by Crippen LogP contribution is 2.44. The molecule has 0 unspecified atom stereocenters. The fourth-order valence-electron chi connectivity index (χ4n) is 4.04. The van der Waals surface area contributed by atoms with E-state index in [1.807, 2.05) is 48.6 Å². The predicted molar refractivity (Wildman–Crippen MR) is 122 cm³/mol. The Kier molecular flexibility index (Phi) is 8.27. The van der Waals surface area contributed by atoms with Crippen molar-refractivity contribution in [2.45, 2.75) is 57.4 Å². The van der Waals surface area contributed by atoms with E-state index >= 15 is 0 Å². The molecule has 164 valence electrons. The maximum Gasteiger partial charge on any atom is 0.407 e. The molecule has 0 saturated carbocycles. The van der Waals surface area contributed by atoms with Crippen molar-refractivity contribution in [1.82, 2.24) is 5.32 Å². The van der Waals surface area contributed by atoms with Crippen molar-refractivity contribution < 1.29 is 19.4 Å². The Labute approximate surface area is 184 Å². The highest BCUT2D eigenvalue weighted by atomic mass is 16.5. The molecule has 0 bridgehead atoms. The molecule has 1 atom stereocenters. The number of rotatable bonds is 11. The van der Waals surface area contributed by atoms with E-state index in [9.17, 15) is 14.7 Å². The van der Waals surface area contributed by atoms with Crippen LogP contribution in [-0.2, 0) is 9.53 Å². The van der Waals surface area contributed by atoms with Crippen LogP contribution in [0.2, 0.25) is 0 Å². The summed E-state index contributed by atoms with van der Waals surface area (Å²) in [6.07, 6.45) is 8.97. The quantitative estimate of drug-likeness (QED) is 0.350. The van der Waals surface area contributed by atoms with E-state index < -0.39 is 18.1 Å². The minimum absolute atomic E-state index is 0.0514. The van der Waals surface area contributed by atoms with Crippen LogP contribution in [0.5, 0.6) is 0 Å². The van der Waals surface area contributed by atoms with Gasteiger partial charge in [-0.3, -0.25) is 0 Å². The molecule has 0 radical (unpaired) electrons. The maximum atomic E-state index is 12.3. The fraction of sp³-hybridized carbons (Fsp3) is 0.385. The number of hydrogen-bond acceptors (Lipinski definition) is 3. The smallest absolute Gasteiger partial charge is 0.407 e. The highest BCUT2D eigenvalue weighted by molar-refractivity contribution is 5.81. The molecular formula is C26H31NO4. The molecule has 2 N–H and O–H groups in total. The molecule has 0 saturated heterocycles. The molecular weight excluding hydrogens is 390 g/mol. The summed E-state index contributed by atoms with van der Waals surface area (Å²) in [6.45, 7) is 2.34. The van der Waals surface area contributed by atoms with Crippen LogP contribution in [0.1, 0.15) is 62.5 Å². The van der Waals surface area contributed by atoms with Gasteiger partial charge in [-0.05, 0) is 41.5 Å². The summed E-state index contributed by atoms with van der Waals surface area (Å²) >= 11 is 0. The average Bonchev–Trinajstić information content (AvgIpc) is 3.10. The Morgan fingerprint density at radius 1 is 1.00 bits per heavy atom. The van der Waals surface area contributed by atoms with Crippen molar-refractivity contribution in [3.05, 3.63) is 71.8 Å². The second kappa shape index (κ2) is 11.3. The summed E-state index contributed by atoms with van der Waals surface area (Å²) in [5, 5.41) is 11.9. The third-order valence-electron chi connectivity index (χ3n) is 5.70. The number of alkyl carbamates (subject to hydrolysis) is 1. The lowest BCUT2D eigenvalue weighted by Crippen LogP contribution is -2.41. The molecule has 0 fully saturated rings. The molecule has 0 aliphatic heterocycles. The molecule has 0 spiro atoms. The summed E-state index contributed by atoms with van der Waals surface area (Å²) in [5.41, 5.74) is 4.55. The number of aliphatic carboxylic acids is 1. The molecule has 5 heteroatoms. The van der Waals surface area contributed by atoms with Gasteiger partial charge in [-0.2, -0.15) is 0 Å². The lowest BCUT2D eigenvalue weighted by molar-refractivity contribution is -0.139. The SMILES string of the molecule is CCCCCC/C=C/C[C@H](NC(=O)OCC1c2ccccc2-c2ccccc21)C(=O)O. The van der Waals surface area contributed by atoms with Gasteiger partial charge >= 0.3 is 12.1 Å². The largest absolute Gasteiger partial charge is 0.480 e. The van der Waals surface area contributed by atoms with Crippen LogP contribution in [0.3, 0.4) is 0 Å². The lowest BCUT2D eigenvalue weighted by Gasteiger charge is -2.16. The van der Waals surface area contributed by atoms with Gasteiger partial charge in [0.15, 0.2) is 0 Å². The molecule has 0 heterocycles. The van der Waals surface area contributed by atoms with Crippen LogP contribution in [0.25, 0.3) is 11.1 Å². The first-order valence-corrected chi connectivity index (χ1v) is 11.1. The highest BCUT2D eigenvalue weighted by Gasteiger charge is 2.29. The van der Waals surface area contributed by atoms with Crippen molar-refractivity contribution in [3.8, 4) is 11.1 Å². The van der Waals surface area contributed by atoms with Crippen LogP contribution in [0.4, 0.5) is 4.79 Å². The van der Waals surface area contributed by atoms with Gasteiger partial charge in [0.25, 0.3) is 0 Å². The first-order chi connectivity index (χ1) is 15.1. The normalized spacial score (nSPS) is 13.6. The van der Waals surface area contributed by atoms with Crippen LogP contribution in [0, 0.1) is 0 Å². The third kappa shape index (κ3) is 5.97. The van der Waals surface area contributed by atoms with E-state index in [-0.39, 0.29) is 18.9 Å². The number of amides is 1. The zero-order valence-corrected chi connectivity index (χ0v) is 18.0. The van der Waals surface area contributed by atoms with Crippen molar-refractivity contribution in [2.24, 2.45) is 0 Å². The molecule has 3 rings (SSSR count). The Morgan fingerprint density at radius 3 is 2.26 bits per heavy atom. The number of ether oxygens (including phenoxy) is 1. The van der Waals surface area contributed by atoms with E-state index in [2.05, 4.69) is 24.4 Å². The molecule has 5 nitrogen and oxygen atoms in total. The Balaban J connectivity index is 1.53. The maximum absolute atomic E-state index is 12.3. The minimum atomic E-state index is -1.07. The summed E-state index contributed by atoms with van der Waals surface area (Å²) in [4.78, 5) is 23.8. The van der Waals surface area contributed by atoms with E-state index in [0.29, 0.717) is 0 Å². The van der Waals surface area contributed by atoms with Gasteiger partial charge < -0.3 is 15.2 Å². The zero-order chi connectivity index (χ0) is 22.1. The first kappa shape index (κ1) is 22.6. The van der Waals surface area contributed by atoms with Gasteiger partial charge in [0.1, 0.15) is 12.6 Å². The predicted octanol–water partition coefficient (Wildman–Crippen LogP) is 5.90. The van der Waals surface area contributed by atoms with E-state index in [0.717, 1.165) is 35.1 Å².